The Hall–Kier alpha value is -1.04. The van der Waals surface area contributed by atoms with Crippen molar-refractivity contribution in [2.75, 3.05) is 13.1 Å². The van der Waals surface area contributed by atoms with E-state index in [0.29, 0.717) is 18.2 Å². The van der Waals surface area contributed by atoms with Gasteiger partial charge in [-0.15, -0.1) is 0 Å². The van der Waals surface area contributed by atoms with E-state index in [4.69, 9.17) is 17.0 Å². The second kappa shape index (κ2) is 7.99. The van der Waals surface area contributed by atoms with E-state index < -0.39 is 11.7 Å². The number of hydrogen-bond donors (Lipinski definition) is 3. The van der Waals surface area contributed by atoms with Gasteiger partial charge in [0.2, 0.25) is 0 Å². The first-order valence-corrected chi connectivity index (χ1v) is 8.14. The quantitative estimate of drug-likeness (QED) is 0.533. The van der Waals surface area contributed by atoms with Crippen LogP contribution in [0.3, 0.4) is 0 Å². The van der Waals surface area contributed by atoms with Gasteiger partial charge >= 0.3 is 6.09 Å². The molecule has 6 heteroatoms. The van der Waals surface area contributed by atoms with Crippen LogP contribution in [0.4, 0.5) is 4.79 Å². The Balaban J connectivity index is 3.98. The fourth-order valence-electron chi connectivity index (χ4n) is 2.38. The summed E-state index contributed by atoms with van der Waals surface area (Å²) in [7, 11) is 0. The predicted octanol–water partition coefficient (Wildman–Crippen LogP) is 3.19. The summed E-state index contributed by atoms with van der Waals surface area (Å²) >= 11 is 5.29. The lowest BCUT2D eigenvalue weighted by Crippen LogP contribution is -2.51. The second-order valence-electron chi connectivity index (χ2n) is 8.43. The smallest absolute Gasteiger partial charge is 0.407 e. The summed E-state index contributed by atoms with van der Waals surface area (Å²) < 4.78 is 5.15. The minimum atomic E-state index is -0.481. The largest absolute Gasteiger partial charge is 0.444 e. The lowest BCUT2D eigenvalue weighted by Gasteiger charge is -2.34. The van der Waals surface area contributed by atoms with Crippen LogP contribution in [-0.2, 0) is 4.74 Å². The zero-order valence-corrected chi connectivity index (χ0v) is 16.2. The molecule has 0 bridgehead atoms. The van der Waals surface area contributed by atoms with Crippen LogP contribution in [0.5, 0.6) is 0 Å². The van der Waals surface area contributed by atoms with E-state index in [1.54, 1.807) is 0 Å². The van der Waals surface area contributed by atoms with Crippen molar-refractivity contribution >= 4 is 23.4 Å². The van der Waals surface area contributed by atoms with E-state index in [1.807, 2.05) is 20.8 Å². The molecular formula is C16H33N3O2S. The van der Waals surface area contributed by atoms with Crippen molar-refractivity contribution in [3.8, 4) is 0 Å². The van der Waals surface area contributed by atoms with Crippen molar-refractivity contribution in [3.05, 3.63) is 0 Å². The van der Waals surface area contributed by atoms with Crippen molar-refractivity contribution in [2.45, 2.75) is 73.0 Å². The minimum Gasteiger partial charge on any atom is -0.444 e. The molecule has 0 unspecified atom stereocenters. The molecule has 0 saturated carbocycles. The number of amides is 1. The molecule has 0 aliphatic carbocycles. The lowest BCUT2D eigenvalue weighted by atomic mass is 9.82. The monoisotopic (exact) mass is 331 g/mol. The van der Waals surface area contributed by atoms with Crippen LogP contribution in [0.2, 0.25) is 0 Å². The maximum absolute atomic E-state index is 11.5. The highest BCUT2D eigenvalue weighted by molar-refractivity contribution is 7.80. The summed E-state index contributed by atoms with van der Waals surface area (Å²) in [5.74, 6) is 0. The van der Waals surface area contributed by atoms with Crippen molar-refractivity contribution in [1.82, 2.24) is 16.0 Å². The zero-order chi connectivity index (χ0) is 17.6. The Morgan fingerprint density at radius 1 is 0.955 bits per heavy atom. The number of carbonyl (C=O) groups excluding carboxylic acids is 1. The summed E-state index contributed by atoms with van der Waals surface area (Å²) in [4.78, 5) is 11.5. The van der Waals surface area contributed by atoms with Crippen LogP contribution in [0, 0.1) is 5.41 Å². The molecule has 0 aliphatic rings. The SMILES string of the molecule is CC(C)(C)CC(C)(C)NC(=S)NCCNC(=O)OC(C)(C)C. The number of alkyl carbamates (subject to hydrolysis) is 1. The molecule has 0 aromatic carbocycles. The Morgan fingerprint density at radius 2 is 1.45 bits per heavy atom. The molecule has 0 aromatic rings. The number of rotatable bonds is 5. The van der Waals surface area contributed by atoms with Crippen LogP contribution >= 0.6 is 12.2 Å². The molecular weight excluding hydrogens is 298 g/mol. The van der Waals surface area contributed by atoms with E-state index >= 15 is 0 Å². The van der Waals surface area contributed by atoms with Crippen LogP contribution in [0.15, 0.2) is 0 Å². The topological polar surface area (TPSA) is 62.4 Å². The first kappa shape index (κ1) is 21.0. The van der Waals surface area contributed by atoms with Crippen LogP contribution in [-0.4, -0.2) is 35.4 Å². The standard InChI is InChI=1S/C16H33N3O2S/c1-14(2,3)11-16(7,8)19-12(22)17-9-10-18-13(20)21-15(4,5)6/h9-11H2,1-8H3,(H,18,20)(H2,17,19,22). The molecule has 0 aliphatic heterocycles. The number of ether oxygens (including phenoxy) is 1. The van der Waals surface area contributed by atoms with E-state index in [0.717, 1.165) is 6.42 Å². The highest BCUT2D eigenvalue weighted by atomic mass is 32.1. The van der Waals surface area contributed by atoms with Gasteiger partial charge in [-0.25, -0.2) is 4.79 Å². The van der Waals surface area contributed by atoms with Gasteiger partial charge in [-0.3, -0.25) is 0 Å². The van der Waals surface area contributed by atoms with Crippen molar-refractivity contribution in [1.29, 1.82) is 0 Å². The summed E-state index contributed by atoms with van der Waals surface area (Å²) in [5.41, 5.74) is -0.337. The molecule has 0 spiro atoms. The summed E-state index contributed by atoms with van der Waals surface area (Å²) in [6.45, 7) is 17.4. The third-order valence-electron chi connectivity index (χ3n) is 2.50. The van der Waals surface area contributed by atoms with Gasteiger partial charge in [0.05, 0.1) is 0 Å². The van der Waals surface area contributed by atoms with Crippen molar-refractivity contribution in [3.63, 3.8) is 0 Å². The molecule has 5 nitrogen and oxygen atoms in total. The fourth-order valence-corrected chi connectivity index (χ4v) is 2.75. The number of nitrogens with one attached hydrogen (secondary N) is 3. The average Bonchev–Trinajstić information content (AvgIpc) is 2.17. The predicted molar refractivity (Wildman–Crippen MR) is 96.1 cm³/mol. The summed E-state index contributed by atoms with van der Waals surface area (Å²) in [6.07, 6.45) is 0.582. The molecule has 0 radical (unpaired) electrons. The van der Waals surface area contributed by atoms with E-state index in [-0.39, 0.29) is 11.0 Å². The molecule has 0 heterocycles. The summed E-state index contributed by atoms with van der Waals surface area (Å²) in [6, 6.07) is 0. The van der Waals surface area contributed by atoms with Gasteiger partial charge in [-0.2, -0.15) is 0 Å². The first-order valence-electron chi connectivity index (χ1n) is 7.73. The number of carbonyl (C=O) groups is 1. The Bertz CT molecular complexity index is 382. The van der Waals surface area contributed by atoms with Gasteiger partial charge in [-0.05, 0) is 58.7 Å². The van der Waals surface area contributed by atoms with Crippen LogP contribution < -0.4 is 16.0 Å². The Morgan fingerprint density at radius 3 is 1.91 bits per heavy atom. The Kier molecular flexibility index (Phi) is 7.62. The molecule has 0 atom stereocenters. The van der Waals surface area contributed by atoms with Crippen LogP contribution in [0.25, 0.3) is 0 Å². The molecule has 0 rings (SSSR count). The number of thiocarbonyl (C=S) groups is 1. The normalized spacial score (nSPS) is 12.5. The third-order valence-corrected chi connectivity index (χ3v) is 2.75. The highest BCUT2D eigenvalue weighted by Crippen LogP contribution is 2.26. The van der Waals surface area contributed by atoms with Gasteiger partial charge in [0.25, 0.3) is 0 Å². The molecule has 0 saturated heterocycles. The van der Waals surface area contributed by atoms with Crippen molar-refractivity contribution in [2.24, 2.45) is 5.41 Å². The van der Waals surface area contributed by atoms with Gasteiger partial charge in [-0.1, -0.05) is 20.8 Å². The highest BCUT2D eigenvalue weighted by Gasteiger charge is 2.25. The zero-order valence-electron chi connectivity index (χ0n) is 15.3. The van der Waals surface area contributed by atoms with E-state index in [9.17, 15) is 4.79 Å². The molecule has 3 N–H and O–H groups in total. The first-order chi connectivity index (χ1) is 9.70. The second-order valence-corrected chi connectivity index (χ2v) is 8.84. The van der Waals surface area contributed by atoms with Gasteiger partial charge < -0.3 is 20.7 Å². The van der Waals surface area contributed by atoms with Gasteiger partial charge in [0.15, 0.2) is 5.11 Å². The molecule has 0 fully saturated rings. The number of hydrogen-bond acceptors (Lipinski definition) is 3. The van der Waals surface area contributed by atoms with Gasteiger partial charge in [0, 0.05) is 18.6 Å². The molecule has 0 aromatic heterocycles. The molecule has 130 valence electrons. The lowest BCUT2D eigenvalue weighted by molar-refractivity contribution is 0.0529. The Labute approximate surface area is 140 Å². The summed E-state index contributed by atoms with van der Waals surface area (Å²) in [5, 5.41) is 9.69. The van der Waals surface area contributed by atoms with E-state index in [1.165, 1.54) is 0 Å². The maximum atomic E-state index is 11.5. The molecule has 1 amide bonds. The minimum absolute atomic E-state index is 0.0824. The maximum Gasteiger partial charge on any atom is 0.407 e. The molecule has 22 heavy (non-hydrogen) atoms. The third kappa shape index (κ3) is 12.7. The van der Waals surface area contributed by atoms with Crippen LogP contribution in [0.1, 0.15) is 61.8 Å². The van der Waals surface area contributed by atoms with Crippen molar-refractivity contribution < 1.29 is 9.53 Å². The average molecular weight is 332 g/mol. The fraction of sp³-hybridized carbons (Fsp3) is 0.875. The van der Waals surface area contributed by atoms with E-state index in [2.05, 4.69) is 50.6 Å². The van der Waals surface area contributed by atoms with Gasteiger partial charge in [0.1, 0.15) is 5.60 Å².